The van der Waals surface area contributed by atoms with Crippen LogP contribution in [0.4, 0.5) is 14.9 Å². The number of carboxylic acid groups (broad SMARTS) is 1. The first-order valence-corrected chi connectivity index (χ1v) is 18.8. The molecule has 1 amide bonds. The molecule has 0 radical (unpaired) electrons. The first-order chi connectivity index (χ1) is 25.1. The maximum atomic E-state index is 15.3. The number of hydrogen-bond acceptors (Lipinski definition) is 9. The van der Waals surface area contributed by atoms with Gasteiger partial charge in [0.2, 0.25) is 12.4 Å². The summed E-state index contributed by atoms with van der Waals surface area (Å²) in [5.41, 5.74) is 1.55. The van der Waals surface area contributed by atoms with Gasteiger partial charge in [-0.2, -0.15) is 0 Å². The molecular weight excluding hydrogens is 732 g/mol. The highest BCUT2D eigenvalue weighted by molar-refractivity contribution is 7.14. The van der Waals surface area contributed by atoms with Crippen LogP contribution in [-0.2, 0) is 17.7 Å². The van der Waals surface area contributed by atoms with E-state index in [0.29, 0.717) is 52.1 Å². The summed E-state index contributed by atoms with van der Waals surface area (Å²) < 4.78 is 33.9. The maximum Gasteiger partial charge on any atom is 0.415 e. The van der Waals surface area contributed by atoms with E-state index in [1.165, 1.54) is 35.5 Å². The second-order valence-electron chi connectivity index (χ2n) is 13.6. The fourth-order valence-electron chi connectivity index (χ4n) is 7.13. The van der Waals surface area contributed by atoms with Crippen molar-refractivity contribution in [1.82, 2.24) is 4.90 Å². The van der Waals surface area contributed by atoms with E-state index in [2.05, 4.69) is 4.90 Å². The van der Waals surface area contributed by atoms with Gasteiger partial charge in [0.25, 0.3) is 0 Å². The number of thiophene rings is 1. The zero-order valence-corrected chi connectivity index (χ0v) is 30.8. The van der Waals surface area contributed by atoms with Crippen molar-refractivity contribution >= 4 is 52.3 Å². The minimum absolute atomic E-state index is 0.0167. The van der Waals surface area contributed by atoms with Crippen molar-refractivity contribution < 1.29 is 43.2 Å². The molecule has 8 rings (SSSR count). The molecule has 4 fully saturated rings. The van der Waals surface area contributed by atoms with Gasteiger partial charge in [0.1, 0.15) is 22.0 Å². The molecule has 1 aliphatic carbocycles. The van der Waals surface area contributed by atoms with Gasteiger partial charge in [0.05, 0.1) is 36.8 Å². The molecule has 2 atom stereocenters. The summed E-state index contributed by atoms with van der Waals surface area (Å²) in [4.78, 5) is 30.6. The number of halogens is 3. The average molecular weight is 771 g/mol. The predicted octanol–water partition coefficient (Wildman–Crippen LogP) is 6.49. The highest BCUT2D eigenvalue weighted by Gasteiger charge is 2.38. The van der Waals surface area contributed by atoms with Crippen LogP contribution >= 0.6 is 34.5 Å². The van der Waals surface area contributed by atoms with Crippen molar-refractivity contribution in [3.05, 3.63) is 103 Å². The SMILES string of the molecule is COc1ccc(C(Cc2c(Cl)c[n+](O)cc2Cl)c2cc(CN(C(=O)O[C@H]3CN4CCC3CC4)c3ccccc3F)sc2C(=O)[O-])cc1OCC1CC1. The number of aromatic nitrogens is 1. The van der Waals surface area contributed by atoms with E-state index < -0.39 is 23.8 Å². The Balaban J connectivity index is 1.27. The van der Waals surface area contributed by atoms with E-state index >= 15 is 4.39 Å². The molecule has 5 heterocycles. The van der Waals surface area contributed by atoms with E-state index in [4.69, 9.17) is 37.4 Å². The van der Waals surface area contributed by atoms with Crippen LogP contribution in [0.3, 0.4) is 0 Å². The Kier molecular flexibility index (Phi) is 10.8. The zero-order valence-electron chi connectivity index (χ0n) is 28.4. The first-order valence-electron chi connectivity index (χ1n) is 17.3. The molecule has 0 spiro atoms. The number of pyridine rings is 1. The normalized spacial score (nSPS) is 20.0. The number of methoxy groups -OCH3 is 1. The molecule has 1 N–H and O–H groups in total. The van der Waals surface area contributed by atoms with E-state index in [9.17, 15) is 19.9 Å². The fraction of sp³-hybridized carbons (Fsp3) is 0.395. The monoisotopic (exact) mass is 769 g/mol. The van der Waals surface area contributed by atoms with Crippen molar-refractivity contribution in [2.45, 2.75) is 50.7 Å². The maximum absolute atomic E-state index is 15.3. The highest BCUT2D eigenvalue weighted by Crippen LogP contribution is 2.42. The molecule has 4 aliphatic rings. The number of para-hydroxylation sites is 1. The van der Waals surface area contributed by atoms with Gasteiger partial charge in [-0.1, -0.05) is 41.4 Å². The molecule has 52 heavy (non-hydrogen) atoms. The van der Waals surface area contributed by atoms with Gasteiger partial charge in [-0.3, -0.25) is 15.0 Å². The second kappa shape index (κ2) is 15.5. The number of amides is 1. The van der Waals surface area contributed by atoms with E-state index in [1.54, 1.807) is 25.3 Å². The quantitative estimate of drug-likeness (QED) is 0.121. The second-order valence-corrected chi connectivity index (χ2v) is 15.6. The zero-order chi connectivity index (χ0) is 36.5. The lowest BCUT2D eigenvalue weighted by molar-refractivity contribution is -0.904. The predicted molar refractivity (Wildman–Crippen MR) is 191 cm³/mol. The molecule has 2 aromatic heterocycles. The Morgan fingerprint density at radius 3 is 2.44 bits per heavy atom. The van der Waals surface area contributed by atoms with Gasteiger partial charge in [-0.15, -0.1) is 11.3 Å². The number of carbonyl (C=O) groups excluding carboxylic acids is 2. The number of piperidine rings is 3. The van der Waals surface area contributed by atoms with Gasteiger partial charge in [0, 0.05) is 27.6 Å². The summed E-state index contributed by atoms with van der Waals surface area (Å²) >= 11 is 14.1. The number of benzene rings is 2. The van der Waals surface area contributed by atoms with Crippen molar-refractivity contribution in [1.29, 1.82) is 0 Å². The smallest absolute Gasteiger partial charge is 0.415 e. The van der Waals surface area contributed by atoms with Crippen LogP contribution < -0.4 is 24.2 Å². The van der Waals surface area contributed by atoms with E-state index in [-0.39, 0.29) is 45.6 Å². The molecule has 274 valence electrons. The summed E-state index contributed by atoms with van der Waals surface area (Å²) in [6, 6.07) is 13.0. The van der Waals surface area contributed by atoms with Crippen LogP contribution in [0.2, 0.25) is 10.0 Å². The topological polar surface area (TPSA) is 115 Å². The Hall–Kier alpha value is -4.10. The van der Waals surface area contributed by atoms with Gasteiger partial charge in [-0.05, 0) is 98.5 Å². The fourth-order valence-corrected chi connectivity index (χ4v) is 8.78. The van der Waals surface area contributed by atoms with E-state index in [1.807, 2.05) is 12.1 Å². The Morgan fingerprint density at radius 1 is 1.08 bits per heavy atom. The van der Waals surface area contributed by atoms with Gasteiger partial charge in [0.15, 0.2) is 11.5 Å². The van der Waals surface area contributed by atoms with Gasteiger partial charge >= 0.3 is 6.09 Å². The van der Waals surface area contributed by atoms with Crippen LogP contribution in [-0.4, -0.2) is 61.6 Å². The molecule has 14 heteroatoms. The lowest BCUT2D eigenvalue weighted by Gasteiger charge is -2.44. The number of carbonyl (C=O) groups is 2. The highest BCUT2D eigenvalue weighted by atomic mass is 35.5. The van der Waals surface area contributed by atoms with Crippen LogP contribution in [0.5, 0.6) is 11.5 Å². The molecule has 2 bridgehead atoms. The number of nitrogens with zero attached hydrogens (tertiary/aromatic N) is 3. The Labute approximate surface area is 314 Å². The minimum Gasteiger partial charge on any atom is -0.544 e. The van der Waals surface area contributed by atoms with Gasteiger partial charge < -0.3 is 24.1 Å². The number of aromatic carboxylic acids is 1. The molecule has 2 aromatic carbocycles. The number of carboxylic acids is 1. The molecular formula is C38H38Cl2FN3O7S. The third-order valence-electron chi connectivity index (χ3n) is 10.1. The third kappa shape index (κ3) is 7.95. The number of fused-ring (bicyclic) bond motifs is 3. The Bertz CT molecular complexity index is 1940. The molecule has 1 saturated carbocycles. The Morgan fingerprint density at radius 2 is 1.81 bits per heavy atom. The molecule has 3 aliphatic heterocycles. The summed E-state index contributed by atoms with van der Waals surface area (Å²) in [6.07, 6.45) is 5.71. The van der Waals surface area contributed by atoms with Gasteiger partial charge in [-0.25, -0.2) is 9.18 Å². The minimum atomic E-state index is -1.42. The van der Waals surface area contributed by atoms with Crippen LogP contribution in [0.1, 0.15) is 62.8 Å². The lowest BCUT2D eigenvalue weighted by Crippen LogP contribution is -2.53. The summed E-state index contributed by atoms with van der Waals surface area (Å²) in [6.45, 7) is 2.90. The van der Waals surface area contributed by atoms with Crippen molar-refractivity contribution in [2.75, 3.05) is 38.3 Å². The standard InChI is InChI=1S/C38H38Cl2FN3O7S/c1-49-33-9-8-24(14-34(33)50-21-22-6-7-22)26(16-28-29(39)18-43(48)19-30(28)40)27-15-25(52-36(27)37(45)46)17-44(32-5-3-2-4-31(32)41)38(47)51-35-20-42-12-10-23(35)11-13-42/h2-5,8-9,14-15,18-19,22-23,26,35H,6-7,10-13,16-17,20-21H2,1H3,(H-,45,46,48)/t26?,35-/m0/s1. The lowest BCUT2D eigenvalue weighted by atomic mass is 9.85. The number of anilines is 1. The van der Waals surface area contributed by atoms with Crippen LogP contribution in [0, 0.1) is 17.7 Å². The van der Waals surface area contributed by atoms with Crippen molar-refractivity contribution in [3.63, 3.8) is 0 Å². The third-order valence-corrected chi connectivity index (χ3v) is 11.9. The van der Waals surface area contributed by atoms with Crippen molar-refractivity contribution in [2.24, 2.45) is 11.8 Å². The first kappa shape index (κ1) is 36.3. The van der Waals surface area contributed by atoms with Crippen LogP contribution in [0.25, 0.3) is 0 Å². The largest absolute Gasteiger partial charge is 0.544 e. The average Bonchev–Trinajstić information content (AvgIpc) is 3.87. The van der Waals surface area contributed by atoms with Crippen molar-refractivity contribution in [3.8, 4) is 11.5 Å². The van der Waals surface area contributed by atoms with Crippen LogP contribution in [0.15, 0.2) is 60.9 Å². The molecule has 1 unspecified atom stereocenters. The summed E-state index contributed by atoms with van der Waals surface area (Å²) in [5, 5.41) is 23.2. The van der Waals surface area contributed by atoms with E-state index in [0.717, 1.165) is 54.8 Å². The summed E-state index contributed by atoms with van der Waals surface area (Å²) in [5.74, 6) is -0.979. The number of hydrogen-bond donors (Lipinski definition) is 1. The summed E-state index contributed by atoms with van der Waals surface area (Å²) in [7, 11) is 1.55. The molecule has 3 saturated heterocycles. The number of ether oxygens (including phenoxy) is 3. The molecule has 10 nitrogen and oxygen atoms in total. The molecule has 4 aromatic rings. The number of rotatable bonds is 13.